The fourth-order valence-electron chi connectivity index (χ4n) is 3.79. The third-order valence-electron chi connectivity index (χ3n) is 5.57. The van der Waals surface area contributed by atoms with Crippen LogP contribution in [-0.2, 0) is 16.4 Å². The third kappa shape index (κ3) is 4.76. The average Bonchev–Trinajstić information content (AvgIpc) is 2.70. The van der Waals surface area contributed by atoms with Crippen LogP contribution in [0.2, 0.25) is 0 Å². The fourth-order valence-corrected chi connectivity index (χ4v) is 5.21. The maximum Gasteiger partial charge on any atom is 0.243 e. The van der Waals surface area contributed by atoms with Crippen molar-refractivity contribution in [3.8, 4) is 0 Å². The number of sulfonamides is 1. The molecule has 0 unspecified atom stereocenters. The van der Waals surface area contributed by atoms with Gasteiger partial charge < -0.3 is 4.90 Å². The molecule has 0 N–H and O–H groups in total. The Kier molecular flexibility index (Phi) is 6.78. The molecular formula is C23H32N2O2S. The Morgan fingerprint density at radius 1 is 0.893 bits per heavy atom. The lowest BCUT2D eigenvalue weighted by Crippen LogP contribution is -2.48. The van der Waals surface area contributed by atoms with Crippen molar-refractivity contribution in [1.29, 1.82) is 0 Å². The van der Waals surface area contributed by atoms with Crippen LogP contribution in [0.15, 0.2) is 47.4 Å². The summed E-state index contributed by atoms with van der Waals surface area (Å²) in [6.07, 6.45) is 4.58. The summed E-state index contributed by atoms with van der Waals surface area (Å²) in [5, 5.41) is 0. The topological polar surface area (TPSA) is 40.6 Å². The van der Waals surface area contributed by atoms with Gasteiger partial charge in [0.15, 0.2) is 0 Å². The first-order valence-electron chi connectivity index (χ1n) is 10.3. The summed E-state index contributed by atoms with van der Waals surface area (Å²) in [6, 6.07) is 13.9. The quantitative estimate of drug-likeness (QED) is 0.640. The van der Waals surface area contributed by atoms with Crippen LogP contribution in [-0.4, -0.2) is 38.9 Å². The largest absolute Gasteiger partial charge is 0.369 e. The second-order valence-corrected chi connectivity index (χ2v) is 9.72. The second kappa shape index (κ2) is 9.10. The van der Waals surface area contributed by atoms with Gasteiger partial charge in [-0.05, 0) is 61.6 Å². The first kappa shape index (κ1) is 20.9. The van der Waals surface area contributed by atoms with Crippen molar-refractivity contribution >= 4 is 15.7 Å². The van der Waals surface area contributed by atoms with E-state index in [2.05, 4.69) is 43.9 Å². The number of rotatable bonds is 7. The number of benzene rings is 2. The molecule has 5 heteroatoms. The van der Waals surface area contributed by atoms with E-state index >= 15 is 0 Å². The lowest BCUT2D eigenvalue weighted by atomic mass is 10.1. The minimum atomic E-state index is -3.42. The highest BCUT2D eigenvalue weighted by molar-refractivity contribution is 7.89. The van der Waals surface area contributed by atoms with E-state index in [0.717, 1.165) is 25.9 Å². The molecule has 1 fully saturated rings. The van der Waals surface area contributed by atoms with Crippen LogP contribution < -0.4 is 4.90 Å². The van der Waals surface area contributed by atoms with Crippen LogP contribution in [0.4, 0.5) is 5.69 Å². The van der Waals surface area contributed by atoms with Crippen molar-refractivity contribution in [2.24, 2.45) is 0 Å². The van der Waals surface area contributed by atoms with E-state index in [1.54, 1.807) is 16.4 Å². The Morgan fingerprint density at radius 3 is 2.21 bits per heavy atom. The number of piperazine rings is 1. The fraction of sp³-hybridized carbons (Fsp3) is 0.478. The SMILES string of the molecule is CCCCCc1ccc(S(=O)(=O)N2CCN(c3cc(C)ccc3C)CC2)cc1. The summed E-state index contributed by atoms with van der Waals surface area (Å²) in [5.74, 6) is 0. The molecule has 1 heterocycles. The number of anilines is 1. The van der Waals surface area contributed by atoms with E-state index in [9.17, 15) is 8.42 Å². The first-order valence-corrected chi connectivity index (χ1v) is 11.8. The zero-order valence-electron chi connectivity index (χ0n) is 17.3. The molecule has 0 saturated carbocycles. The number of hydrogen-bond acceptors (Lipinski definition) is 3. The minimum absolute atomic E-state index is 0.409. The molecule has 1 aliphatic heterocycles. The number of hydrogen-bond donors (Lipinski definition) is 0. The molecule has 0 bridgehead atoms. The maximum absolute atomic E-state index is 13.0. The van der Waals surface area contributed by atoms with Gasteiger partial charge in [0.1, 0.15) is 0 Å². The Bertz CT molecular complexity index is 883. The van der Waals surface area contributed by atoms with Crippen molar-refractivity contribution in [1.82, 2.24) is 4.31 Å². The van der Waals surface area contributed by atoms with Crippen LogP contribution >= 0.6 is 0 Å². The summed E-state index contributed by atoms with van der Waals surface area (Å²) in [7, 11) is -3.42. The van der Waals surface area contributed by atoms with Crippen molar-refractivity contribution < 1.29 is 8.42 Å². The summed E-state index contributed by atoms with van der Waals surface area (Å²) >= 11 is 0. The van der Waals surface area contributed by atoms with Crippen LogP contribution in [0.3, 0.4) is 0 Å². The monoisotopic (exact) mass is 400 g/mol. The molecule has 0 aromatic heterocycles. The highest BCUT2D eigenvalue weighted by Crippen LogP contribution is 2.25. The standard InChI is InChI=1S/C23H32N2O2S/c1-4-5-6-7-21-10-12-22(13-11-21)28(26,27)25-16-14-24(15-17-25)23-18-19(2)8-9-20(23)3/h8-13,18H,4-7,14-17H2,1-3H3. The Balaban J connectivity index is 1.65. The number of unbranched alkanes of at least 4 members (excludes halogenated alkanes) is 2. The normalized spacial score (nSPS) is 15.8. The van der Waals surface area contributed by atoms with Crippen LogP contribution in [0.1, 0.15) is 42.9 Å². The van der Waals surface area contributed by atoms with Crippen molar-refractivity contribution in [2.45, 2.75) is 51.3 Å². The van der Waals surface area contributed by atoms with E-state index in [-0.39, 0.29) is 0 Å². The van der Waals surface area contributed by atoms with E-state index in [1.807, 2.05) is 12.1 Å². The molecule has 0 radical (unpaired) electrons. The summed E-state index contributed by atoms with van der Waals surface area (Å²) in [5.41, 5.74) is 4.90. The smallest absolute Gasteiger partial charge is 0.243 e. The van der Waals surface area contributed by atoms with E-state index in [1.165, 1.54) is 35.2 Å². The van der Waals surface area contributed by atoms with Crippen molar-refractivity contribution in [2.75, 3.05) is 31.1 Å². The van der Waals surface area contributed by atoms with Gasteiger partial charge in [-0.1, -0.05) is 44.0 Å². The molecule has 152 valence electrons. The lowest BCUT2D eigenvalue weighted by molar-refractivity contribution is 0.384. The van der Waals surface area contributed by atoms with Gasteiger partial charge in [-0.15, -0.1) is 0 Å². The molecule has 1 aliphatic rings. The van der Waals surface area contributed by atoms with Gasteiger partial charge in [-0.2, -0.15) is 4.31 Å². The molecule has 0 aliphatic carbocycles. The second-order valence-electron chi connectivity index (χ2n) is 7.78. The van der Waals surface area contributed by atoms with Gasteiger partial charge in [-0.3, -0.25) is 0 Å². The highest BCUT2D eigenvalue weighted by atomic mass is 32.2. The Labute approximate surface area is 170 Å². The molecular weight excluding hydrogens is 368 g/mol. The maximum atomic E-state index is 13.0. The zero-order chi connectivity index (χ0) is 20.1. The Hall–Kier alpha value is -1.85. The summed E-state index contributed by atoms with van der Waals surface area (Å²) < 4.78 is 27.7. The van der Waals surface area contributed by atoms with Crippen molar-refractivity contribution in [3.63, 3.8) is 0 Å². The predicted octanol–water partition coefficient (Wildman–Crippen LogP) is 4.55. The minimum Gasteiger partial charge on any atom is -0.369 e. The highest BCUT2D eigenvalue weighted by Gasteiger charge is 2.28. The first-order chi connectivity index (χ1) is 13.4. The van der Waals surface area contributed by atoms with Gasteiger partial charge in [0.25, 0.3) is 0 Å². The molecule has 4 nitrogen and oxygen atoms in total. The average molecular weight is 401 g/mol. The van der Waals surface area contributed by atoms with Gasteiger partial charge >= 0.3 is 0 Å². The lowest BCUT2D eigenvalue weighted by Gasteiger charge is -2.36. The van der Waals surface area contributed by atoms with Gasteiger partial charge in [0.2, 0.25) is 10.0 Å². The molecule has 0 spiro atoms. The van der Waals surface area contributed by atoms with Gasteiger partial charge in [0, 0.05) is 31.9 Å². The Morgan fingerprint density at radius 2 is 1.57 bits per heavy atom. The summed E-state index contributed by atoms with van der Waals surface area (Å²) in [4.78, 5) is 2.71. The van der Waals surface area contributed by atoms with Gasteiger partial charge in [-0.25, -0.2) is 8.42 Å². The van der Waals surface area contributed by atoms with Crippen molar-refractivity contribution in [3.05, 3.63) is 59.2 Å². The molecule has 28 heavy (non-hydrogen) atoms. The van der Waals surface area contributed by atoms with Crippen LogP contribution in [0, 0.1) is 13.8 Å². The molecule has 1 saturated heterocycles. The molecule has 0 atom stereocenters. The molecule has 0 amide bonds. The number of nitrogens with zero attached hydrogens (tertiary/aromatic N) is 2. The van der Waals surface area contributed by atoms with Crippen LogP contribution in [0.25, 0.3) is 0 Å². The number of aryl methyl sites for hydroxylation is 3. The third-order valence-corrected chi connectivity index (χ3v) is 7.49. The predicted molar refractivity (Wildman–Crippen MR) is 117 cm³/mol. The van der Waals surface area contributed by atoms with E-state index < -0.39 is 10.0 Å². The zero-order valence-corrected chi connectivity index (χ0v) is 18.1. The van der Waals surface area contributed by atoms with Gasteiger partial charge in [0.05, 0.1) is 4.90 Å². The molecule has 3 rings (SSSR count). The van der Waals surface area contributed by atoms with Crippen LogP contribution in [0.5, 0.6) is 0 Å². The summed E-state index contributed by atoms with van der Waals surface area (Å²) in [6.45, 7) is 8.88. The van der Waals surface area contributed by atoms with E-state index in [4.69, 9.17) is 0 Å². The molecule has 2 aromatic rings. The molecule has 2 aromatic carbocycles. The van der Waals surface area contributed by atoms with E-state index in [0.29, 0.717) is 18.0 Å².